The average molecular weight is 356 g/mol. The summed E-state index contributed by atoms with van der Waals surface area (Å²) in [5.41, 5.74) is 0.938. The average Bonchev–Trinajstić information content (AvgIpc) is 2.68. The van der Waals surface area contributed by atoms with Crippen molar-refractivity contribution >= 4 is 11.8 Å². The van der Waals surface area contributed by atoms with E-state index in [2.05, 4.69) is 5.32 Å². The van der Waals surface area contributed by atoms with Crippen molar-refractivity contribution in [2.45, 2.75) is 12.5 Å². The van der Waals surface area contributed by atoms with Gasteiger partial charge in [-0.25, -0.2) is 4.39 Å². The van der Waals surface area contributed by atoms with E-state index in [1.54, 1.807) is 29.2 Å². The van der Waals surface area contributed by atoms with Crippen LogP contribution in [-0.2, 0) is 0 Å². The molecule has 1 saturated heterocycles. The first kappa shape index (κ1) is 18.1. The Hall–Kier alpha value is -2.73. The molecule has 0 saturated carbocycles. The van der Waals surface area contributed by atoms with Crippen LogP contribution in [0.5, 0.6) is 0 Å². The van der Waals surface area contributed by atoms with E-state index in [1.807, 2.05) is 6.07 Å². The van der Waals surface area contributed by atoms with Gasteiger partial charge in [0.15, 0.2) is 0 Å². The topological polar surface area (TPSA) is 69.6 Å². The minimum Gasteiger partial charge on any atom is -0.396 e. The van der Waals surface area contributed by atoms with Gasteiger partial charge in [0.25, 0.3) is 11.8 Å². The number of likely N-dealkylation sites (tertiary alicyclic amines) is 1. The Morgan fingerprint density at radius 2 is 1.77 bits per heavy atom. The first-order chi connectivity index (χ1) is 12.6. The number of hydrogen-bond acceptors (Lipinski definition) is 3. The van der Waals surface area contributed by atoms with Crippen LogP contribution in [0.2, 0.25) is 0 Å². The molecular weight excluding hydrogens is 335 g/mol. The van der Waals surface area contributed by atoms with Crippen LogP contribution in [-0.4, -0.2) is 47.6 Å². The van der Waals surface area contributed by atoms with Crippen LogP contribution in [0, 0.1) is 11.7 Å². The molecule has 0 radical (unpaired) electrons. The molecule has 0 aromatic heterocycles. The van der Waals surface area contributed by atoms with Crippen LogP contribution in [0.1, 0.15) is 27.1 Å². The van der Waals surface area contributed by atoms with Gasteiger partial charge in [-0.05, 0) is 42.8 Å². The number of benzene rings is 2. The third-order valence-electron chi connectivity index (χ3n) is 4.72. The zero-order chi connectivity index (χ0) is 18.5. The second-order valence-electron chi connectivity index (χ2n) is 6.44. The molecule has 1 aliphatic rings. The van der Waals surface area contributed by atoms with E-state index in [9.17, 15) is 19.1 Å². The predicted octanol–water partition coefficient (Wildman–Crippen LogP) is 2.08. The first-order valence-electron chi connectivity index (χ1n) is 8.60. The number of nitrogens with zero attached hydrogens (tertiary/aromatic N) is 1. The molecule has 0 bridgehead atoms. The maximum absolute atomic E-state index is 13.1. The van der Waals surface area contributed by atoms with E-state index in [1.165, 1.54) is 24.3 Å². The molecule has 6 heteroatoms. The summed E-state index contributed by atoms with van der Waals surface area (Å²) in [6, 6.07) is 13.9. The van der Waals surface area contributed by atoms with Crippen molar-refractivity contribution in [3.8, 4) is 0 Å². The van der Waals surface area contributed by atoms with E-state index in [-0.39, 0.29) is 30.4 Å². The fourth-order valence-corrected chi connectivity index (χ4v) is 3.18. The van der Waals surface area contributed by atoms with Gasteiger partial charge in [0.1, 0.15) is 5.82 Å². The van der Waals surface area contributed by atoms with E-state index in [0.717, 1.165) is 0 Å². The molecule has 26 heavy (non-hydrogen) atoms. The lowest BCUT2D eigenvalue weighted by molar-refractivity contribution is 0.0541. The van der Waals surface area contributed by atoms with Crippen LogP contribution >= 0.6 is 0 Å². The van der Waals surface area contributed by atoms with Crippen LogP contribution in [0.25, 0.3) is 0 Å². The van der Waals surface area contributed by atoms with Gasteiger partial charge in [-0.2, -0.15) is 0 Å². The molecule has 136 valence electrons. The van der Waals surface area contributed by atoms with Gasteiger partial charge in [-0.1, -0.05) is 18.2 Å². The minimum atomic E-state index is -0.395. The normalized spacial score (nSPS) is 19.8. The highest BCUT2D eigenvalue weighted by Crippen LogP contribution is 2.20. The summed E-state index contributed by atoms with van der Waals surface area (Å²) < 4.78 is 13.1. The molecule has 2 N–H and O–H groups in total. The highest BCUT2D eigenvalue weighted by Gasteiger charge is 2.32. The highest BCUT2D eigenvalue weighted by molar-refractivity contribution is 5.95. The molecule has 1 aliphatic heterocycles. The third-order valence-corrected chi connectivity index (χ3v) is 4.72. The second kappa shape index (κ2) is 8.10. The van der Waals surface area contributed by atoms with E-state index in [4.69, 9.17) is 0 Å². The van der Waals surface area contributed by atoms with Gasteiger partial charge in [-0.15, -0.1) is 0 Å². The van der Waals surface area contributed by atoms with E-state index < -0.39 is 5.82 Å². The van der Waals surface area contributed by atoms with Gasteiger partial charge in [0, 0.05) is 36.7 Å². The Balaban J connectivity index is 1.71. The quantitative estimate of drug-likeness (QED) is 0.881. The molecule has 0 unspecified atom stereocenters. The lowest BCUT2D eigenvalue weighted by Gasteiger charge is -2.38. The molecule has 0 aliphatic carbocycles. The van der Waals surface area contributed by atoms with Crippen LogP contribution in [0.4, 0.5) is 4.39 Å². The van der Waals surface area contributed by atoms with Gasteiger partial charge < -0.3 is 15.3 Å². The van der Waals surface area contributed by atoms with Crippen molar-refractivity contribution in [2.75, 3.05) is 19.7 Å². The molecule has 2 aromatic carbocycles. The number of aliphatic hydroxyl groups excluding tert-OH is 1. The Morgan fingerprint density at radius 1 is 1.08 bits per heavy atom. The predicted molar refractivity (Wildman–Crippen MR) is 95.2 cm³/mol. The molecule has 1 heterocycles. The number of aliphatic hydroxyl groups is 1. The van der Waals surface area contributed by atoms with Gasteiger partial charge in [0.2, 0.25) is 0 Å². The van der Waals surface area contributed by atoms with Crippen LogP contribution in [0.15, 0.2) is 54.6 Å². The SMILES string of the molecule is O=C(N[C@@H]1CN(C(=O)c2ccc(F)cc2)CC[C@@H]1CO)c1ccccc1. The van der Waals surface area contributed by atoms with Crippen molar-refractivity contribution in [1.82, 2.24) is 10.2 Å². The first-order valence-corrected chi connectivity index (χ1v) is 8.60. The largest absolute Gasteiger partial charge is 0.396 e. The van der Waals surface area contributed by atoms with Crippen molar-refractivity contribution < 1.29 is 19.1 Å². The number of nitrogens with one attached hydrogen (secondary N) is 1. The van der Waals surface area contributed by atoms with Crippen molar-refractivity contribution in [3.63, 3.8) is 0 Å². The van der Waals surface area contributed by atoms with Gasteiger partial charge in [0.05, 0.1) is 6.04 Å². The molecule has 5 nitrogen and oxygen atoms in total. The summed E-state index contributed by atoms with van der Waals surface area (Å²) in [6.45, 7) is 0.734. The minimum absolute atomic E-state index is 0.0572. The zero-order valence-electron chi connectivity index (χ0n) is 14.3. The molecule has 2 aromatic rings. The maximum atomic E-state index is 13.1. The van der Waals surface area contributed by atoms with E-state index >= 15 is 0 Å². The lowest BCUT2D eigenvalue weighted by Crippen LogP contribution is -2.55. The number of carbonyl (C=O) groups is 2. The Kier molecular flexibility index (Phi) is 5.63. The number of carbonyl (C=O) groups excluding carboxylic acids is 2. The highest BCUT2D eigenvalue weighted by atomic mass is 19.1. The summed E-state index contributed by atoms with van der Waals surface area (Å²) in [7, 11) is 0. The standard InChI is InChI=1S/C20H21FN2O3/c21-17-8-6-15(7-9-17)20(26)23-11-10-16(13-24)18(12-23)22-19(25)14-4-2-1-3-5-14/h1-9,16,18,24H,10-13H2,(H,22,25)/t16-,18-/m1/s1. The summed E-state index contributed by atoms with van der Waals surface area (Å²) in [6.07, 6.45) is 0.586. The summed E-state index contributed by atoms with van der Waals surface area (Å²) >= 11 is 0. The molecule has 2 amide bonds. The molecule has 1 fully saturated rings. The second-order valence-corrected chi connectivity index (χ2v) is 6.44. The summed E-state index contributed by atoms with van der Waals surface area (Å²) in [4.78, 5) is 26.7. The lowest BCUT2D eigenvalue weighted by atomic mass is 9.91. The van der Waals surface area contributed by atoms with Crippen LogP contribution < -0.4 is 5.32 Å². The third kappa shape index (κ3) is 4.08. The number of amides is 2. The maximum Gasteiger partial charge on any atom is 0.253 e. The van der Waals surface area contributed by atoms with Crippen molar-refractivity contribution in [3.05, 3.63) is 71.5 Å². The number of rotatable bonds is 4. The molecule has 0 spiro atoms. The fraction of sp³-hybridized carbons (Fsp3) is 0.300. The fourth-order valence-electron chi connectivity index (χ4n) is 3.18. The molecule has 3 rings (SSSR count). The number of halogens is 1. The Bertz CT molecular complexity index is 764. The number of piperidine rings is 1. The van der Waals surface area contributed by atoms with Crippen molar-refractivity contribution in [1.29, 1.82) is 0 Å². The van der Waals surface area contributed by atoms with Crippen molar-refractivity contribution in [2.24, 2.45) is 5.92 Å². The number of hydrogen-bond donors (Lipinski definition) is 2. The monoisotopic (exact) mass is 356 g/mol. The summed E-state index contributed by atoms with van der Waals surface area (Å²) in [5.74, 6) is -0.945. The molecular formula is C20H21FN2O3. The summed E-state index contributed by atoms with van der Waals surface area (Å²) in [5, 5.41) is 12.5. The zero-order valence-corrected chi connectivity index (χ0v) is 14.3. The van der Waals surface area contributed by atoms with Crippen LogP contribution in [0.3, 0.4) is 0 Å². The Labute approximate surface area is 151 Å². The smallest absolute Gasteiger partial charge is 0.253 e. The van der Waals surface area contributed by atoms with Gasteiger partial charge >= 0.3 is 0 Å². The molecule has 2 atom stereocenters. The Morgan fingerprint density at radius 3 is 2.42 bits per heavy atom. The van der Waals surface area contributed by atoms with E-state index in [0.29, 0.717) is 30.6 Å². The van der Waals surface area contributed by atoms with Gasteiger partial charge in [-0.3, -0.25) is 9.59 Å².